The Morgan fingerprint density at radius 3 is 2.17 bits per heavy atom. The molecule has 152 valence electrons. The van der Waals surface area contributed by atoms with Crippen LogP contribution in [0.15, 0.2) is 26.4 Å². The van der Waals surface area contributed by atoms with Crippen LogP contribution < -0.4 is 5.43 Å². The minimum absolute atomic E-state index is 0.0202. The van der Waals surface area contributed by atoms with Crippen molar-refractivity contribution in [2.75, 3.05) is 0 Å². The first-order valence-electron chi connectivity index (χ1n) is 7.74. The largest absolute Gasteiger partial charge is 0.348 e. The lowest BCUT2D eigenvalue weighted by molar-refractivity contribution is 0.101. The Kier molecular flexibility index (Phi) is 6.07. The molecule has 0 amide bonds. The van der Waals surface area contributed by atoms with Gasteiger partial charge < -0.3 is 4.98 Å². The van der Waals surface area contributed by atoms with Gasteiger partial charge in [0.1, 0.15) is 0 Å². The van der Waals surface area contributed by atoms with Crippen LogP contribution in [0, 0.1) is 29.1 Å². The number of halogens is 7. The van der Waals surface area contributed by atoms with Crippen molar-refractivity contribution in [3.63, 3.8) is 0 Å². The molecule has 29 heavy (non-hydrogen) atoms. The molecule has 0 aliphatic carbocycles. The fourth-order valence-electron chi connectivity index (χ4n) is 2.65. The molecule has 0 radical (unpaired) electrons. The number of benzene rings is 2. The van der Waals surface area contributed by atoms with Crippen LogP contribution in [0.3, 0.4) is 0 Å². The number of ketones is 1. The number of Topliss-reactive ketones (excluding diaryl/α,β-unsaturated/α-hetero) is 1. The topological polar surface area (TPSA) is 49.9 Å². The van der Waals surface area contributed by atoms with Gasteiger partial charge in [-0.2, -0.15) is 0 Å². The van der Waals surface area contributed by atoms with Gasteiger partial charge in [0, 0.05) is 15.8 Å². The van der Waals surface area contributed by atoms with Crippen LogP contribution in [-0.2, 0) is 5.75 Å². The molecule has 0 aliphatic rings. The normalized spacial score (nSPS) is 11.3. The third-order valence-corrected chi connectivity index (χ3v) is 6.04. The molecule has 3 nitrogen and oxygen atoms in total. The van der Waals surface area contributed by atoms with Crippen LogP contribution >= 0.6 is 39.3 Å². The molecular weight excluding hydrogens is 505 g/mol. The fraction of sp³-hybridized carbons (Fsp3) is 0.111. The Labute approximate surface area is 177 Å². The van der Waals surface area contributed by atoms with Crippen molar-refractivity contribution < 1.29 is 26.7 Å². The average molecular weight is 513 g/mol. The molecule has 3 aromatic rings. The summed E-state index contributed by atoms with van der Waals surface area (Å²) in [6.07, 6.45) is 0. The van der Waals surface area contributed by atoms with Crippen molar-refractivity contribution in [1.82, 2.24) is 4.98 Å². The van der Waals surface area contributed by atoms with E-state index in [4.69, 9.17) is 11.6 Å². The summed E-state index contributed by atoms with van der Waals surface area (Å²) in [5.41, 5.74) is -1.93. The van der Waals surface area contributed by atoms with Crippen molar-refractivity contribution in [3.05, 3.63) is 72.1 Å². The number of rotatable bonds is 4. The summed E-state index contributed by atoms with van der Waals surface area (Å²) in [4.78, 5) is 27.6. The summed E-state index contributed by atoms with van der Waals surface area (Å²) in [6, 6.07) is 2.97. The second-order valence-corrected chi connectivity index (χ2v) is 8.08. The van der Waals surface area contributed by atoms with E-state index >= 15 is 0 Å². The number of H-pyrrole nitrogens is 1. The predicted molar refractivity (Wildman–Crippen MR) is 103 cm³/mol. The highest BCUT2D eigenvalue weighted by Gasteiger charge is 2.26. The second kappa shape index (κ2) is 8.08. The highest BCUT2D eigenvalue weighted by Crippen LogP contribution is 2.33. The predicted octanol–water partition coefficient (Wildman–Crippen LogP) is 6.13. The number of carbonyl (C=O) groups is 1. The first-order valence-corrected chi connectivity index (χ1v) is 9.89. The molecule has 0 saturated heterocycles. The van der Waals surface area contributed by atoms with Gasteiger partial charge in [-0.1, -0.05) is 11.6 Å². The Hall–Kier alpha value is -1.91. The summed E-state index contributed by atoms with van der Waals surface area (Å²) in [5.74, 6) is -11.8. The van der Waals surface area contributed by atoms with Gasteiger partial charge in [-0.05, 0) is 35.0 Å². The quantitative estimate of drug-likeness (QED) is 0.150. The minimum Gasteiger partial charge on any atom is -0.348 e. The molecule has 3 rings (SSSR count). The Balaban J connectivity index is 2.18. The SMILES string of the molecule is CC(=O)c1c(SCc2c(F)c(F)c(F)c(F)c2F)[nH]c2c(Br)ccc(Cl)c2c1=O. The maximum Gasteiger partial charge on any atom is 0.202 e. The van der Waals surface area contributed by atoms with E-state index in [9.17, 15) is 31.5 Å². The summed E-state index contributed by atoms with van der Waals surface area (Å²) in [7, 11) is 0. The van der Waals surface area contributed by atoms with Crippen molar-refractivity contribution >= 4 is 56.0 Å². The molecule has 0 saturated carbocycles. The summed E-state index contributed by atoms with van der Waals surface area (Å²) >= 11 is 9.82. The van der Waals surface area contributed by atoms with Gasteiger partial charge >= 0.3 is 0 Å². The van der Waals surface area contributed by atoms with Gasteiger partial charge in [0.2, 0.25) is 11.2 Å². The molecule has 0 aliphatic heterocycles. The summed E-state index contributed by atoms with van der Waals surface area (Å²) in [5, 5.41) is -0.00278. The van der Waals surface area contributed by atoms with E-state index in [1.165, 1.54) is 12.1 Å². The highest BCUT2D eigenvalue weighted by atomic mass is 79.9. The smallest absolute Gasteiger partial charge is 0.202 e. The lowest BCUT2D eigenvalue weighted by Crippen LogP contribution is -2.17. The standard InChI is InChI=1S/C18H8BrClF5NO2S/c1-5(27)9-17(28)10-8(20)3-2-7(19)16(10)26-18(9)29-4-6-11(21)13(23)15(25)14(24)12(6)22/h2-3H,4H2,1H3,(H,26,28). The van der Waals surface area contributed by atoms with E-state index < -0.39 is 51.6 Å². The zero-order valence-corrected chi connectivity index (χ0v) is 17.4. The van der Waals surface area contributed by atoms with Gasteiger partial charge in [0.05, 0.1) is 26.5 Å². The number of nitrogens with one attached hydrogen (secondary N) is 1. The van der Waals surface area contributed by atoms with Gasteiger partial charge in [0.25, 0.3) is 0 Å². The molecule has 1 aromatic heterocycles. The van der Waals surface area contributed by atoms with E-state index in [2.05, 4.69) is 20.9 Å². The van der Waals surface area contributed by atoms with E-state index in [-0.39, 0.29) is 26.5 Å². The molecule has 1 heterocycles. The number of hydrogen-bond donors (Lipinski definition) is 1. The van der Waals surface area contributed by atoms with Gasteiger partial charge in [-0.3, -0.25) is 9.59 Å². The van der Waals surface area contributed by atoms with E-state index in [1.807, 2.05) is 0 Å². The van der Waals surface area contributed by atoms with E-state index in [1.54, 1.807) is 0 Å². The number of aromatic amines is 1. The molecule has 0 fully saturated rings. The lowest BCUT2D eigenvalue weighted by atomic mass is 10.1. The van der Waals surface area contributed by atoms with Crippen molar-refractivity contribution in [3.8, 4) is 0 Å². The molecule has 0 spiro atoms. The van der Waals surface area contributed by atoms with Crippen LogP contribution in [-0.4, -0.2) is 10.8 Å². The van der Waals surface area contributed by atoms with Gasteiger partial charge in [-0.15, -0.1) is 11.8 Å². The number of carbonyl (C=O) groups excluding carboxylic acids is 1. The number of hydrogen-bond acceptors (Lipinski definition) is 3. The average Bonchev–Trinajstić information content (AvgIpc) is 2.67. The van der Waals surface area contributed by atoms with Crippen molar-refractivity contribution in [2.45, 2.75) is 17.7 Å². The second-order valence-electron chi connectivity index (χ2n) is 5.83. The van der Waals surface area contributed by atoms with Crippen LogP contribution in [0.25, 0.3) is 10.9 Å². The van der Waals surface area contributed by atoms with Crippen LogP contribution in [0.1, 0.15) is 22.8 Å². The monoisotopic (exact) mass is 511 g/mol. The molecule has 1 N–H and O–H groups in total. The minimum atomic E-state index is -2.27. The van der Waals surface area contributed by atoms with Crippen molar-refractivity contribution in [2.24, 2.45) is 0 Å². The van der Waals surface area contributed by atoms with E-state index in [0.717, 1.165) is 6.92 Å². The Morgan fingerprint density at radius 2 is 1.62 bits per heavy atom. The summed E-state index contributed by atoms with van der Waals surface area (Å²) < 4.78 is 68.3. The van der Waals surface area contributed by atoms with Crippen LogP contribution in [0.5, 0.6) is 0 Å². The number of thioether (sulfide) groups is 1. The first kappa shape index (κ1) is 21.8. The Morgan fingerprint density at radius 1 is 1.07 bits per heavy atom. The molecule has 11 heteroatoms. The number of fused-ring (bicyclic) bond motifs is 1. The number of aromatic nitrogens is 1. The number of pyridine rings is 1. The zero-order chi connectivity index (χ0) is 21.6. The van der Waals surface area contributed by atoms with E-state index in [0.29, 0.717) is 16.2 Å². The molecular formula is C18H8BrClF5NO2S. The van der Waals surface area contributed by atoms with Crippen LogP contribution in [0.4, 0.5) is 22.0 Å². The third kappa shape index (κ3) is 3.69. The summed E-state index contributed by atoms with van der Waals surface area (Å²) in [6.45, 7) is 1.10. The highest BCUT2D eigenvalue weighted by molar-refractivity contribution is 9.10. The zero-order valence-electron chi connectivity index (χ0n) is 14.2. The Bertz CT molecular complexity index is 1220. The molecule has 0 bridgehead atoms. The first-order chi connectivity index (χ1) is 13.6. The molecule has 2 aromatic carbocycles. The van der Waals surface area contributed by atoms with Gasteiger partial charge in [-0.25, -0.2) is 22.0 Å². The maximum absolute atomic E-state index is 13.9. The fourth-order valence-corrected chi connectivity index (χ4v) is 4.42. The van der Waals surface area contributed by atoms with Crippen molar-refractivity contribution in [1.29, 1.82) is 0 Å². The maximum atomic E-state index is 13.9. The van der Waals surface area contributed by atoms with Crippen LogP contribution in [0.2, 0.25) is 5.02 Å². The molecule has 0 atom stereocenters. The molecule has 0 unspecified atom stereocenters. The third-order valence-electron chi connectivity index (χ3n) is 4.04. The lowest BCUT2D eigenvalue weighted by Gasteiger charge is -2.12. The van der Waals surface area contributed by atoms with Gasteiger partial charge in [0.15, 0.2) is 29.1 Å².